The van der Waals surface area contributed by atoms with Crippen LogP contribution < -0.4 is 11.1 Å². The van der Waals surface area contributed by atoms with Crippen LogP contribution in [0.5, 0.6) is 0 Å². The van der Waals surface area contributed by atoms with Gasteiger partial charge >= 0.3 is 0 Å². The standard InChI is InChI=1S/C14H8N2S4.C13H13N3.H2S/c1-3-7-11-9(5-1)15-13(17-11)19-20-14-16-10-6-2-4-8-12(10)18-14;14-13(15-11-7-3-1-4-8-11)16-12-9-5-2-6-10-12;/h1-8H;1-10H,(H3,14,15,16);1H2. The van der Waals surface area contributed by atoms with Gasteiger partial charge in [0, 0.05) is 5.69 Å². The van der Waals surface area contributed by atoms with Crippen molar-refractivity contribution in [2.45, 2.75) is 8.68 Å². The second-order valence-electron chi connectivity index (χ2n) is 7.39. The summed E-state index contributed by atoms with van der Waals surface area (Å²) in [4.78, 5) is 13.5. The Morgan fingerprint density at radius 1 is 0.649 bits per heavy atom. The molecule has 10 heteroatoms. The Labute approximate surface area is 238 Å². The van der Waals surface area contributed by atoms with Gasteiger partial charge in [0.05, 0.1) is 26.1 Å². The van der Waals surface area contributed by atoms with Crippen molar-refractivity contribution in [1.29, 1.82) is 0 Å². The smallest absolute Gasteiger partial charge is 0.198 e. The molecule has 0 amide bonds. The SMILES string of the molecule is NC(=Nc1ccccc1)Nc1ccccc1.S.c1ccc2sc(SSc3nc4ccccc4s3)nc2c1. The topological polar surface area (TPSA) is 76.2 Å². The number of nitrogens with two attached hydrogens (primary N) is 1. The van der Waals surface area contributed by atoms with E-state index in [-0.39, 0.29) is 13.5 Å². The number of guanidine groups is 1. The lowest BCUT2D eigenvalue weighted by Crippen LogP contribution is -2.21. The third-order valence-electron chi connectivity index (χ3n) is 4.78. The van der Waals surface area contributed by atoms with E-state index in [4.69, 9.17) is 5.73 Å². The number of nitrogens with zero attached hydrogens (tertiary/aromatic N) is 3. The summed E-state index contributed by atoms with van der Waals surface area (Å²) in [5.41, 5.74) is 9.69. The number of thiazole rings is 2. The number of anilines is 1. The number of benzene rings is 4. The van der Waals surface area contributed by atoms with Gasteiger partial charge in [-0.25, -0.2) is 15.0 Å². The quantitative estimate of drug-likeness (QED) is 0.121. The molecule has 0 saturated carbocycles. The van der Waals surface area contributed by atoms with Crippen LogP contribution in [0.2, 0.25) is 0 Å². The van der Waals surface area contributed by atoms with Crippen molar-refractivity contribution in [2.75, 3.05) is 5.32 Å². The number of aromatic nitrogens is 2. The highest BCUT2D eigenvalue weighted by atomic mass is 33.1. The second kappa shape index (κ2) is 13.5. The highest BCUT2D eigenvalue weighted by molar-refractivity contribution is 8.77. The van der Waals surface area contributed by atoms with Crippen molar-refractivity contribution in [2.24, 2.45) is 10.7 Å². The predicted octanol–water partition coefficient (Wildman–Crippen LogP) is 8.56. The van der Waals surface area contributed by atoms with Gasteiger partial charge in [-0.15, -0.1) is 22.7 Å². The number of nitrogens with one attached hydrogen (secondary N) is 1. The lowest BCUT2D eigenvalue weighted by molar-refractivity contribution is 1.31. The summed E-state index contributed by atoms with van der Waals surface area (Å²) in [6.07, 6.45) is 0. The molecule has 0 aliphatic heterocycles. The molecule has 0 unspecified atom stereocenters. The molecule has 6 aromatic rings. The number of rotatable bonds is 5. The number of hydrogen-bond acceptors (Lipinski definition) is 7. The van der Waals surface area contributed by atoms with Gasteiger partial charge in [0.15, 0.2) is 14.6 Å². The molecule has 6 rings (SSSR count). The Bertz CT molecular complexity index is 1440. The maximum atomic E-state index is 5.78. The van der Waals surface area contributed by atoms with Crippen LogP contribution in [0, 0.1) is 0 Å². The van der Waals surface area contributed by atoms with Crippen LogP contribution >= 0.6 is 57.8 Å². The zero-order chi connectivity index (χ0) is 24.6. The summed E-state index contributed by atoms with van der Waals surface area (Å²) in [5.74, 6) is 0.386. The van der Waals surface area contributed by atoms with E-state index in [2.05, 4.69) is 56.7 Å². The van der Waals surface area contributed by atoms with Crippen molar-refractivity contribution in [3.05, 3.63) is 109 Å². The molecule has 0 aliphatic carbocycles. The molecule has 186 valence electrons. The Hall–Kier alpha value is -3.02. The normalized spacial score (nSPS) is 11.0. The molecule has 0 saturated heterocycles. The molecule has 0 aliphatic rings. The fraction of sp³-hybridized carbons (Fsp3) is 0. The first-order valence-corrected chi connectivity index (χ1v) is 14.8. The Morgan fingerprint density at radius 2 is 1.11 bits per heavy atom. The van der Waals surface area contributed by atoms with Gasteiger partial charge in [0.2, 0.25) is 0 Å². The van der Waals surface area contributed by atoms with E-state index < -0.39 is 0 Å². The molecule has 0 fully saturated rings. The average Bonchev–Trinajstić information content (AvgIpc) is 3.52. The van der Waals surface area contributed by atoms with Gasteiger partial charge in [-0.3, -0.25) is 0 Å². The van der Waals surface area contributed by atoms with Gasteiger partial charge in [0.25, 0.3) is 0 Å². The lowest BCUT2D eigenvalue weighted by Gasteiger charge is -2.04. The Balaban J connectivity index is 0.000000173. The van der Waals surface area contributed by atoms with E-state index in [1.165, 1.54) is 9.40 Å². The molecule has 0 atom stereocenters. The molecule has 5 nitrogen and oxygen atoms in total. The second-order valence-corrected chi connectivity index (χ2v) is 12.1. The fourth-order valence-corrected chi connectivity index (χ4v) is 7.68. The van der Waals surface area contributed by atoms with Crippen LogP contribution in [0.1, 0.15) is 0 Å². The van der Waals surface area contributed by atoms with Crippen LogP contribution in [0.3, 0.4) is 0 Å². The number of fused-ring (bicyclic) bond motifs is 2. The van der Waals surface area contributed by atoms with Crippen LogP contribution in [-0.2, 0) is 0 Å². The van der Waals surface area contributed by atoms with Crippen LogP contribution in [0.15, 0.2) is 123 Å². The minimum atomic E-state index is 0. The van der Waals surface area contributed by atoms with E-state index in [0.717, 1.165) is 31.1 Å². The van der Waals surface area contributed by atoms with E-state index >= 15 is 0 Å². The molecule has 0 bridgehead atoms. The molecule has 2 aromatic heterocycles. The van der Waals surface area contributed by atoms with Gasteiger partial charge in [0.1, 0.15) is 0 Å². The minimum absolute atomic E-state index is 0. The Kier molecular flexibility index (Phi) is 9.86. The van der Waals surface area contributed by atoms with Gasteiger partial charge in [-0.05, 0) is 70.1 Å². The minimum Gasteiger partial charge on any atom is -0.369 e. The lowest BCUT2D eigenvalue weighted by atomic mass is 10.3. The molecule has 4 aromatic carbocycles. The van der Waals surface area contributed by atoms with Crippen molar-refractivity contribution in [1.82, 2.24) is 9.97 Å². The molecular weight excluding hydrogens is 555 g/mol. The summed E-state index contributed by atoms with van der Waals surface area (Å²) in [7, 11) is 3.37. The summed E-state index contributed by atoms with van der Waals surface area (Å²) < 4.78 is 4.63. The largest absolute Gasteiger partial charge is 0.369 e. The predicted molar refractivity (Wildman–Crippen MR) is 169 cm³/mol. The first kappa shape index (κ1) is 27.0. The Morgan fingerprint density at radius 3 is 1.62 bits per heavy atom. The van der Waals surface area contributed by atoms with E-state index in [1.807, 2.05) is 72.8 Å². The van der Waals surface area contributed by atoms with E-state index in [1.54, 1.807) is 44.3 Å². The molecule has 37 heavy (non-hydrogen) atoms. The van der Waals surface area contributed by atoms with Crippen LogP contribution in [0.4, 0.5) is 11.4 Å². The van der Waals surface area contributed by atoms with Gasteiger partial charge in [-0.1, -0.05) is 60.7 Å². The number of para-hydroxylation sites is 4. The maximum absolute atomic E-state index is 5.78. The average molecular weight is 578 g/mol. The highest BCUT2D eigenvalue weighted by Gasteiger charge is 2.08. The first-order chi connectivity index (χ1) is 17.7. The van der Waals surface area contributed by atoms with Crippen molar-refractivity contribution in [3.63, 3.8) is 0 Å². The maximum Gasteiger partial charge on any atom is 0.198 e. The number of aliphatic imine (C=N–C) groups is 1. The third-order valence-corrected chi connectivity index (χ3v) is 9.83. The summed E-state index contributed by atoms with van der Waals surface area (Å²) in [5, 5.41) is 3.02. The van der Waals surface area contributed by atoms with Crippen LogP contribution in [-0.4, -0.2) is 15.9 Å². The summed E-state index contributed by atoms with van der Waals surface area (Å²) in [6.45, 7) is 0. The number of hydrogen-bond donors (Lipinski definition) is 2. The first-order valence-electron chi connectivity index (χ1n) is 11.0. The third kappa shape index (κ3) is 7.73. The van der Waals surface area contributed by atoms with Gasteiger partial charge < -0.3 is 11.1 Å². The molecule has 3 N–H and O–H groups in total. The zero-order valence-corrected chi connectivity index (χ0v) is 23.7. The highest BCUT2D eigenvalue weighted by Crippen LogP contribution is 2.43. The molecule has 0 radical (unpaired) electrons. The summed E-state index contributed by atoms with van der Waals surface area (Å²) in [6, 6.07) is 35.8. The molecule has 0 spiro atoms. The van der Waals surface area contributed by atoms with Crippen molar-refractivity contribution in [3.8, 4) is 0 Å². The summed E-state index contributed by atoms with van der Waals surface area (Å²) >= 11 is 3.46. The fourth-order valence-electron chi connectivity index (χ4n) is 3.18. The molecular formula is C27H23N5S5. The van der Waals surface area contributed by atoms with Crippen molar-refractivity contribution < 1.29 is 0 Å². The van der Waals surface area contributed by atoms with Gasteiger partial charge in [-0.2, -0.15) is 13.5 Å². The van der Waals surface area contributed by atoms with E-state index in [0.29, 0.717) is 5.96 Å². The molecule has 2 heterocycles. The van der Waals surface area contributed by atoms with Crippen LogP contribution in [0.25, 0.3) is 20.4 Å². The van der Waals surface area contributed by atoms with Crippen molar-refractivity contribution >= 4 is 95.5 Å². The monoisotopic (exact) mass is 577 g/mol. The van der Waals surface area contributed by atoms with E-state index in [9.17, 15) is 0 Å². The zero-order valence-electron chi connectivity index (χ0n) is 19.4.